The van der Waals surface area contributed by atoms with Crippen molar-refractivity contribution in [3.05, 3.63) is 70.5 Å². The summed E-state index contributed by atoms with van der Waals surface area (Å²) < 4.78 is 13.0. The summed E-state index contributed by atoms with van der Waals surface area (Å²) in [6, 6.07) is 15.2. The first kappa shape index (κ1) is 15.2. The molecule has 4 heteroatoms. The molecule has 2 aromatic rings. The third-order valence-corrected chi connectivity index (χ3v) is 3.55. The number of Topliss-reactive ketones (excluding diaryl/α,β-unsaturated/α-hetero) is 1. The third-order valence-electron chi connectivity index (χ3n) is 3.23. The smallest absolute Gasteiger partial charge is 0.154 e. The summed E-state index contributed by atoms with van der Waals surface area (Å²) in [6.45, 7) is 0. The van der Waals surface area contributed by atoms with Gasteiger partial charge in [0.2, 0.25) is 0 Å². The van der Waals surface area contributed by atoms with E-state index in [0.29, 0.717) is 12.0 Å². The molecule has 0 aliphatic carbocycles. The van der Waals surface area contributed by atoms with Crippen LogP contribution in [-0.4, -0.2) is 5.78 Å². The van der Waals surface area contributed by atoms with E-state index in [1.54, 1.807) is 0 Å². The fraction of sp³-hybridized carbons (Fsp3) is 0.176. The number of ketones is 1. The summed E-state index contributed by atoms with van der Waals surface area (Å²) in [4.78, 5) is 12.2. The Morgan fingerprint density at radius 2 is 1.95 bits per heavy atom. The molecule has 2 nitrogen and oxygen atoms in total. The molecule has 21 heavy (non-hydrogen) atoms. The van der Waals surface area contributed by atoms with Crippen LogP contribution >= 0.6 is 11.6 Å². The van der Waals surface area contributed by atoms with Gasteiger partial charge in [-0.25, -0.2) is 4.39 Å². The van der Waals surface area contributed by atoms with Gasteiger partial charge in [-0.05, 0) is 29.7 Å². The zero-order chi connectivity index (χ0) is 15.2. The summed E-state index contributed by atoms with van der Waals surface area (Å²) in [5.41, 5.74) is 1.39. The predicted octanol–water partition coefficient (Wildman–Crippen LogP) is 4.29. The lowest BCUT2D eigenvalue weighted by molar-refractivity contribution is -0.119. The standard InChI is InChI=1S/C17H13ClFNO/c18-16-10-13(19)7-8-14(16)15(11-20)17(21)9-6-12-4-2-1-3-5-12/h1-5,7-8,10,15H,6,9H2. The molecule has 0 fully saturated rings. The predicted molar refractivity (Wildman–Crippen MR) is 79.5 cm³/mol. The summed E-state index contributed by atoms with van der Waals surface area (Å²) in [6.07, 6.45) is 0.812. The van der Waals surface area contributed by atoms with E-state index in [4.69, 9.17) is 11.6 Å². The van der Waals surface area contributed by atoms with Crippen LogP contribution in [0.3, 0.4) is 0 Å². The molecule has 0 aromatic heterocycles. The Kier molecular flexibility index (Phi) is 5.08. The Bertz CT molecular complexity index is 679. The first-order valence-corrected chi connectivity index (χ1v) is 6.91. The molecule has 1 unspecified atom stereocenters. The van der Waals surface area contributed by atoms with Crippen molar-refractivity contribution in [2.75, 3.05) is 0 Å². The molecular weight excluding hydrogens is 289 g/mol. The molecule has 0 aliphatic heterocycles. The molecule has 2 rings (SSSR count). The third kappa shape index (κ3) is 3.90. The van der Waals surface area contributed by atoms with Gasteiger partial charge in [0.1, 0.15) is 11.7 Å². The largest absolute Gasteiger partial charge is 0.298 e. The highest BCUT2D eigenvalue weighted by Crippen LogP contribution is 2.27. The number of aryl methyl sites for hydroxylation is 1. The molecule has 0 N–H and O–H groups in total. The van der Waals surface area contributed by atoms with E-state index in [9.17, 15) is 14.4 Å². The Morgan fingerprint density at radius 1 is 1.24 bits per heavy atom. The number of hydrogen-bond acceptors (Lipinski definition) is 2. The first-order valence-electron chi connectivity index (χ1n) is 6.53. The number of benzene rings is 2. The van der Waals surface area contributed by atoms with Crippen molar-refractivity contribution in [2.24, 2.45) is 0 Å². The Morgan fingerprint density at radius 3 is 2.57 bits per heavy atom. The minimum atomic E-state index is -0.957. The molecule has 0 bridgehead atoms. The number of nitrogens with zero attached hydrogens (tertiary/aromatic N) is 1. The number of carbonyl (C=O) groups is 1. The van der Waals surface area contributed by atoms with Crippen LogP contribution in [0.25, 0.3) is 0 Å². The van der Waals surface area contributed by atoms with Crippen molar-refractivity contribution in [2.45, 2.75) is 18.8 Å². The van der Waals surface area contributed by atoms with Crippen LogP contribution in [0.4, 0.5) is 4.39 Å². The number of halogens is 2. The second-order valence-electron chi connectivity index (χ2n) is 4.68. The van der Waals surface area contributed by atoms with E-state index < -0.39 is 11.7 Å². The monoisotopic (exact) mass is 301 g/mol. The van der Waals surface area contributed by atoms with Gasteiger partial charge < -0.3 is 0 Å². The molecule has 0 spiro atoms. The van der Waals surface area contributed by atoms with Crippen LogP contribution in [-0.2, 0) is 11.2 Å². The van der Waals surface area contributed by atoms with Crippen LogP contribution in [0.2, 0.25) is 5.02 Å². The molecule has 0 saturated heterocycles. The van der Waals surface area contributed by atoms with Crippen molar-refractivity contribution in [3.63, 3.8) is 0 Å². The van der Waals surface area contributed by atoms with Crippen LogP contribution in [0.5, 0.6) is 0 Å². The lowest BCUT2D eigenvalue weighted by Gasteiger charge is -2.10. The van der Waals surface area contributed by atoms with Gasteiger partial charge in [0, 0.05) is 11.4 Å². The van der Waals surface area contributed by atoms with Gasteiger partial charge in [0.15, 0.2) is 5.78 Å². The van der Waals surface area contributed by atoms with Gasteiger partial charge in [-0.1, -0.05) is 48.0 Å². The summed E-state index contributed by atoms with van der Waals surface area (Å²) in [7, 11) is 0. The maximum atomic E-state index is 13.0. The van der Waals surface area contributed by atoms with Crippen molar-refractivity contribution >= 4 is 17.4 Å². The van der Waals surface area contributed by atoms with Gasteiger partial charge in [-0.15, -0.1) is 0 Å². The van der Waals surface area contributed by atoms with E-state index in [1.807, 2.05) is 36.4 Å². The Labute approximate surface area is 127 Å². The minimum absolute atomic E-state index is 0.106. The van der Waals surface area contributed by atoms with E-state index >= 15 is 0 Å². The fourth-order valence-electron chi connectivity index (χ4n) is 2.11. The molecule has 0 saturated carbocycles. The van der Waals surface area contributed by atoms with Crippen molar-refractivity contribution < 1.29 is 9.18 Å². The van der Waals surface area contributed by atoms with Gasteiger partial charge in [0.25, 0.3) is 0 Å². The molecule has 2 aromatic carbocycles. The average molecular weight is 302 g/mol. The van der Waals surface area contributed by atoms with Gasteiger partial charge in [-0.2, -0.15) is 5.26 Å². The fourth-order valence-corrected chi connectivity index (χ4v) is 2.38. The molecule has 106 valence electrons. The van der Waals surface area contributed by atoms with Gasteiger partial charge in [0.05, 0.1) is 6.07 Å². The Hall–Kier alpha value is -2.18. The van der Waals surface area contributed by atoms with Crippen LogP contribution in [0.15, 0.2) is 48.5 Å². The summed E-state index contributed by atoms with van der Waals surface area (Å²) in [5, 5.41) is 9.32. The number of hydrogen-bond donors (Lipinski definition) is 0. The second-order valence-corrected chi connectivity index (χ2v) is 5.09. The van der Waals surface area contributed by atoms with Crippen molar-refractivity contribution in [1.29, 1.82) is 5.26 Å². The first-order chi connectivity index (χ1) is 10.1. The molecular formula is C17H13ClFNO. The quantitative estimate of drug-likeness (QED) is 0.826. The van der Waals surface area contributed by atoms with E-state index in [1.165, 1.54) is 12.1 Å². The average Bonchev–Trinajstić information content (AvgIpc) is 2.49. The van der Waals surface area contributed by atoms with E-state index in [-0.39, 0.29) is 17.2 Å². The van der Waals surface area contributed by atoms with Crippen molar-refractivity contribution in [3.8, 4) is 6.07 Å². The lowest BCUT2D eigenvalue weighted by atomic mass is 9.92. The zero-order valence-electron chi connectivity index (χ0n) is 11.2. The van der Waals surface area contributed by atoms with E-state index in [2.05, 4.69) is 0 Å². The lowest BCUT2D eigenvalue weighted by Crippen LogP contribution is -2.12. The molecule has 0 aliphatic rings. The summed E-state index contributed by atoms with van der Waals surface area (Å²) >= 11 is 5.92. The maximum absolute atomic E-state index is 13.0. The van der Waals surface area contributed by atoms with E-state index in [0.717, 1.165) is 11.6 Å². The second kappa shape index (κ2) is 7.01. The number of carbonyl (C=O) groups excluding carboxylic acids is 1. The highest BCUT2D eigenvalue weighted by atomic mass is 35.5. The molecule has 1 atom stereocenters. The molecule has 0 heterocycles. The minimum Gasteiger partial charge on any atom is -0.298 e. The highest BCUT2D eigenvalue weighted by molar-refractivity contribution is 6.31. The van der Waals surface area contributed by atoms with Crippen LogP contribution in [0.1, 0.15) is 23.5 Å². The Balaban J connectivity index is 2.10. The SMILES string of the molecule is N#CC(C(=O)CCc1ccccc1)c1ccc(F)cc1Cl. The number of nitriles is 1. The van der Waals surface area contributed by atoms with Gasteiger partial charge in [-0.3, -0.25) is 4.79 Å². The highest BCUT2D eigenvalue weighted by Gasteiger charge is 2.22. The zero-order valence-corrected chi connectivity index (χ0v) is 12.0. The molecule has 0 radical (unpaired) electrons. The van der Waals surface area contributed by atoms with Gasteiger partial charge >= 0.3 is 0 Å². The molecule has 0 amide bonds. The maximum Gasteiger partial charge on any atom is 0.154 e. The normalized spacial score (nSPS) is 11.7. The van der Waals surface area contributed by atoms with Crippen molar-refractivity contribution in [1.82, 2.24) is 0 Å². The van der Waals surface area contributed by atoms with Crippen LogP contribution in [0, 0.1) is 17.1 Å². The summed E-state index contributed by atoms with van der Waals surface area (Å²) in [5.74, 6) is -1.66. The number of rotatable bonds is 5. The topological polar surface area (TPSA) is 40.9 Å². The van der Waals surface area contributed by atoms with Crippen LogP contribution < -0.4 is 0 Å².